The van der Waals surface area contributed by atoms with E-state index in [9.17, 15) is 9.50 Å². The fourth-order valence-corrected chi connectivity index (χ4v) is 2.42. The molecule has 0 aliphatic rings. The van der Waals surface area contributed by atoms with Crippen LogP contribution in [0.1, 0.15) is 13.3 Å². The normalized spacial score (nSPS) is 10.5. The molecule has 0 spiro atoms. The number of fused-ring (bicyclic) bond motifs is 1. The molecule has 1 aromatic carbocycles. The second kappa shape index (κ2) is 6.66. The molecule has 0 radical (unpaired) electrons. The predicted octanol–water partition coefficient (Wildman–Crippen LogP) is 3.98. The Kier molecular flexibility index (Phi) is 4.88. The van der Waals surface area contributed by atoms with Gasteiger partial charge in [-0.15, -0.1) is 12.4 Å². The summed E-state index contributed by atoms with van der Waals surface area (Å²) in [5, 5.41) is 12.2. The topological polar surface area (TPSA) is 41.3 Å². The summed E-state index contributed by atoms with van der Waals surface area (Å²) in [4.78, 5) is 4.16. The second-order valence-electron chi connectivity index (χ2n) is 4.84. The Bertz CT molecular complexity index is 775. The summed E-state index contributed by atoms with van der Waals surface area (Å²) >= 11 is 0. The maximum Gasteiger partial charge on any atom is 0.184 e. The van der Waals surface area contributed by atoms with Crippen LogP contribution in [0.4, 0.5) is 10.2 Å². The Morgan fingerprint density at radius 3 is 2.82 bits per heavy atom. The number of hydrogen-bond donors (Lipinski definition) is 1. The lowest BCUT2D eigenvalue weighted by atomic mass is 10.2. The fraction of sp³-hybridized carbons (Fsp3) is 0.188. The van der Waals surface area contributed by atoms with Crippen LogP contribution in [-0.4, -0.2) is 21.3 Å². The lowest BCUT2D eigenvalue weighted by Gasteiger charge is -2.25. The third-order valence-corrected chi connectivity index (χ3v) is 3.33. The van der Waals surface area contributed by atoms with Crippen LogP contribution in [0.25, 0.3) is 10.9 Å². The first-order chi connectivity index (χ1) is 10.2. The number of phenolic OH excluding ortho intramolecular Hbond substituents is 1. The van der Waals surface area contributed by atoms with E-state index in [1.807, 2.05) is 29.9 Å². The fourth-order valence-electron chi connectivity index (χ4n) is 2.42. The van der Waals surface area contributed by atoms with Gasteiger partial charge in [0.15, 0.2) is 11.6 Å². The highest BCUT2D eigenvalue weighted by molar-refractivity contribution is 5.85. The van der Waals surface area contributed by atoms with E-state index in [-0.39, 0.29) is 24.0 Å². The number of anilines is 1. The van der Waals surface area contributed by atoms with E-state index in [2.05, 4.69) is 4.98 Å². The number of nitrogens with zero attached hydrogens (tertiary/aromatic N) is 3. The van der Waals surface area contributed by atoms with Crippen molar-refractivity contribution in [3.8, 4) is 5.75 Å². The third-order valence-electron chi connectivity index (χ3n) is 3.33. The van der Waals surface area contributed by atoms with E-state index in [0.717, 1.165) is 17.3 Å². The zero-order valence-electron chi connectivity index (χ0n) is 12.1. The van der Waals surface area contributed by atoms with Gasteiger partial charge >= 0.3 is 0 Å². The van der Waals surface area contributed by atoms with Crippen LogP contribution in [0.3, 0.4) is 0 Å². The molecule has 0 amide bonds. The molecule has 116 valence electrons. The Labute approximate surface area is 134 Å². The van der Waals surface area contributed by atoms with Crippen molar-refractivity contribution in [3.05, 3.63) is 54.6 Å². The van der Waals surface area contributed by atoms with Crippen molar-refractivity contribution in [3.63, 3.8) is 0 Å². The number of aromatic hydroxyl groups is 1. The minimum absolute atomic E-state index is 0. The molecule has 0 saturated heterocycles. The number of aromatic nitrogens is 2. The minimum atomic E-state index is -0.355. The van der Waals surface area contributed by atoms with Gasteiger partial charge in [0, 0.05) is 24.3 Å². The van der Waals surface area contributed by atoms with Gasteiger partial charge in [0.05, 0.1) is 5.52 Å². The van der Waals surface area contributed by atoms with Gasteiger partial charge in [-0.3, -0.25) is 9.69 Å². The molecule has 2 heterocycles. The summed E-state index contributed by atoms with van der Waals surface area (Å²) in [5.41, 5.74) is 0.895. The highest BCUT2D eigenvalue weighted by atomic mass is 35.5. The van der Waals surface area contributed by atoms with Gasteiger partial charge in [-0.1, -0.05) is 6.92 Å². The zero-order chi connectivity index (χ0) is 14.8. The zero-order valence-corrected chi connectivity index (χ0v) is 12.9. The van der Waals surface area contributed by atoms with Crippen LogP contribution in [0.15, 0.2) is 48.8 Å². The average molecular weight is 322 g/mol. The van der Waals surface area contributed by atoms with E-state index in [4.69, 9.17) is 0 Å². The van der Waals surface area contributed by atoms with E-state index < -0.39 is 0 Å². The molecule has 0 fully saturated rings. The van der Waals surface area contributed by atoms with Gasteiger partial charge in [-0.25, -0.2) is 9.37 Å². The molecule has 3 rings (SSSR count). The standard InChI is InChI=1S/C16H16FN3O.ClH/c1-2-9-20(16-14(17)4-3-8-18-16)19-10-7-12-11-13(21)5-6-15(12)19;/h3-8,10-11,21H,2,9H2,1H3;1H. The number of halogens is 2. The average Bonchev–Trinajstić information content (AvgIpc) is 2.88. The first-order valence-corrected chi connectivity index (χ1v) is 6.89. The van der Waals surface area contributed by atoms with Crippen LogP contribution >= 0.6 is 12.4 Å². The summed E-state index contributed by atoms with van der Waals surface area (Å²) < 4.78 is 15.9. The predicted molar refractivity (Wildman–Crippen MR) is 88.1 cm³/mol. The molecule has 0 aliphatic carbocycles. The van der Waals surface area contributed by atoms with Crippen LogP contribution < -0.4 is 5.01 Å². The number of pyridine rings is 1. The SMILES string of the molecule is CCCN(c1ncccc1F)n1ccc2cc(O)ccc21.Cl. The van der Waals surface area contributed by atoms with E-state index >= 15 is 0 Å². The molecule has 22 heavy (non-hydrogen) atoms. The second-order valence-corrected chi connectivity index (χ2v) is 4.84. The molecule has 0 bridgehead atoms. The van der Waals surface area contributed by atoms with Gasteiger partial charge in [-0.2, -0.15) is 0 Å². The van der Waals surface area contributed by atoms with Crippen molar-refractivity contribution in [2.45, 2.75) is 13.3 Å². The maximum absolute atomic E-state index is 14.1. The summed E-state index contributed by atoms with van der Waals surface area (Å²) in [6.45, 7) is 2.67. The Morgan fingerprint density at radius 1 is 1.27 bits per heavy atom. The monoisotopic (exact) mass is 321 g/mol. The van der Waals surface area contributed by atoms with Crippen molar-refractivity contribution in [1.82, 2.24) is 9.66 Å². The molecule has 1 N–H and O–H groups in total. The number of hydrogen-bond acceptors (Lipinski definition) is 3. The lowest BCUT2D eigenvalue weighted by molar-refractivity contribution is 0.476. The van der Waals surface area contributed by atoms with Crippen molar-refractivity contribution < 1.29 is 9.50 Å². The first-order valence-electron chi connectivity index (χ1n) is 6.89. The van der Waals surface area contributed by atoms with Gasteiger partial charge in [0.25, 0.3) is 0 Å². The quantitative estimate of drug-likeness (QED) is 0.790. The summed E-state index contributed by atoms with van der Waals surface area (Å²) in [7, 11) is 0. The molecule has 6 heteroatoms. The van der Waals surface area contributed by atoms with Crippen molar-refractivity contribution in [1.29, 1.82) is 0 Å². The molecule has 4 nitrogen and oxygen atoms in total. The molecule has 2 aromatic heterocycles. The first kappa shape index (κ1) is 16.1. The summed E-state index contributed by atoms with van der Waals surface area (Å²) in [6.07, 6.45) is 4.29. The Morgan fingerprint density at radius 2 is 2.09 bits per heavy atom. The summed E-state index contributed by atoms with van der Waals surface area (Å²) in [6, 6.07) is 9.99. The van der Waals surface area contributed by atoms with Crippen LogP contribution in [-0.2, 0) is 0 Å². The molecule has 0 unspecified atom stereocenters. The third kappa shape index (κ3) is 2.85. The molecule has 0 atom stereocenters. The van der Waals surface area contributed by atoms with Crippen molar-refractivity contribution >= 4 is 29.1 Å². The smallest absolute Gasteiger partial charge is 0.184 e. The van der Waals surface area contributed by atoms with E-state index in [0.29, 0.717) is 12.4 Å². The van der Waals surface area contributed by atoms with E-state index in [1.165, 1.54) is 6.07 Å². The van der Waals surface area contributed by atoms with Crippen LogP contribution in [0, 0.1) is 5.82 Å². The van der Waals surface area contributed by atoms with E-state index in [1.54, 1.807) is 29.4 Å². The molecule has 0 saturated carbocycles. The van der Waals surface area contributed by atoms with Gasteiger partial charge in [0.1, 0.15) is 5.75 Å². The number of rotatable bonds is 4. The maximum atomic E-state index is 14.1. The molecular formula is C16H17ClFN3O. The van der Waals surface area contributed by atoms with Gasteiger partial charge in [0.2, 0.25) is 0 Å². The summed E-state index contributed by atoms with van der Waals surface area (Å²) in [5.74, 6) is 0.155. The van der Waals surface area contributed by atoms with Gasteiger partial charge in [-0.05, 0) is 42.8 Å². The van der Waals surface area contributed by atoms with Crippen LogP contribution in [0.2, 0.25) is 0 Å². The highest BCUT2D eigenvalue weighted by Crippen LogP contribution is 2.25. The molecule has 3 aromatic rings. The van der Waals surface area contributed by atoms with Crippen molar-refractivity contribution in [2.75, 3.05) is 11.6 Å². The number of phenols is 1. The minimum Gasteiger partial charge on any atom is -0.508 e. The Balaban J connectivity index is 0.00000176. The van der Waals surface area contributed by atoms with Crippen molar-refractivity contribution in [2.24, 2.45) is 0 Å². The van der Waals surface area contributed by atoms with Gasteiger partial charge < -0.3 is 5.11 Å². The number of benzene rings is 1. The highest BCUT2D eigenvalue weighted by Gasteiger charge is 2.15. The Hall–Kier alpha value is -2.27. The largest absolute Gasteiger partial charge is 0.508 e. The lowest BCUT2D eigenvalue weighted by Crippen LogP contribution is -2.31. The van der Waals surface area contributed by atoms with Crippen LogP contribution in [0.5, 0.6) is 5.75 Å². The molecular weight excluding hydrogens is 305 g/mol. The molecule has 0 aliphatic heterocycles.